The minimum absolute atomic E-state index is 0.622. The highest BCUT2D eigenvalue weighted by molar-refractivity contribution is 8.45. The Balaban J connectivity index is 1.83. The van der Waals surface area contributed by atoms with E-state index in [1.807, 2.05) is 70.6 Å². The fourth-order valence-electron chi connectivity index (χ4n) is 4.09. The van der Waals surface area contributed by atoms with Crippen LogP contribution in [0.15, 0.2) is 25.4 Å². The average molecular weight is 680 g/mol. The molecule has 0 atom stereocenters. The molecular formula is C30H49NS8. The van der Waals surface area contributed by atoms with Gasteiger partial charge in [0, 0.05) is 12.2 Å². The molecule has 0 N–H and O–H groups in total. The van der Waals surface area contributed by atoms with E-state index in [2.05, 4.69) is 49.7 Å². The van der Waals surface area contributed by atoms with E-state index in [4.69, 9.17) is 5.26 Å². The lowest BCUT2D eigenvalue weighted by Crippen LogP contribution is -1.85. The summed E-state index contributed by atoms with van der Waals surface area (Å²) in [4.78, 5) is 0. The molecule has 0 aliphatic carbocycles. The van der Waals surface area contributed by atoms with Gasteiger partial charge in [-0.25, -0.2) is 0 Å². The smallest absolute Gasteiger partial charge is 0.0717 e. The summed E-state index contributed by atoms with van der Waals surface area (Å²) in [6.45, 7) is 4.59. The molecule has 9 heteroatoms. The highest BCUT2D eigenvalue weighted by atomic mass is 32.3. The molecule has 2 rings (SSSR count). The zero-order valence-corrected chi connectivity index (χ0v) is 30.9. The van der Waals surface area contributed by atoms with Crippen LogP contribution in [0.4, 0.5) is 0 Å². The molecule has 222 valence electrons. The van der Waals surface area contributed by atoms with Crippen LogP contribution in [0.2, 0.25) is 0 Å². The second-order valence-electron chi connectivity index (χ2n) is 9.74. The molecule has 2 aliphatic heterocycles. The molecule has 0 amide bonds. The van der Waals surface area contributed by atoms with Gasteiger partial charge in [-0.3, -0.25) is 0 Å². The number of thioether (sulfide) groups is 8. The molecule has 1 nitrogen and oxygen atoms in total. The van der Waals surface area contributed by atoms with E-state index in [0.717, 1.165) is 5.75 Å². The van der Waals surface area contributed by atoms with Crippen LogP contribution in [0.5, 0.6) is 0 Å². The van der Waals surface area contributed by atoms with Crippen molar-refractivity contribution in [3.63, 3.8) is 0 Å². The van der Waals surface area contributed by atoms with E-state index in [9.17, 15) is 0 Å². The fraction of sp³-hybridized carbons (Fsp3) is 0.767. The molecule has 0 spiro atoms. The molecule has 2 heterocycles. The number of hydrogen-bond acceptors (Lipinski definition) is 9. The maximum atomic E-state index is 8.95. The van der Waals surface area contributed by atoms with Gasteiger partial charge < -0.3 is 0 Å². The third kappa shape index (κ3) is 16.2. The maximum Gasteiger partial charge on any atom is 0.0717 e. The van der Waals surface area contributed by atoms with Gasteiger partial charge in [0.15, 0.2) is 0 Å². The van der Waals surface area contributed by atoms with Gasteiger partial charge in [0.25, 0.3) is 0 Å². The fourth-order valence-corrected chi connectivity index (χ4v) is 15.7. The minimum Gasteiger partial charge on any atom is -0.198 e. The molecule has 0 radical (unpaired) electrons. The van der Waals surface area contributed by atoms with Crippen LogP contribution in [-0.2, 0) is 0 Å². The van der Waals surface area contributed by atoms with Gasteiger partial charge in [-0.2, -0.15) is 5.26 Å². The number of nitrogens with zero attached hydrogens (tertiary/aromatic N) is 1. The van der Waals surface area contributed by atoms with Gasteiger partial charge in [-0.1, -0.05) is 151 Å². The summed E-state index contributed by atoms with van der Waals surface area (Å²) >= 11 is 15.9. The number of rotatable bonds is 24. The Morgan fingerprint density at radius 1 is 0.513 bits per heavy atom. The summed E-state index contributed by atoms with van der Waals surface area (Å²) in [5.41, 5.74) is 0. The molecule has 0 aromatic rings. The predicted octanol–water partition coefficient (Wildman–Crippen LogP) is 14.1. The Bertz CT molecular complexity index is 778. The third-order valence-corrected chi connectivity index (χ3v) is 17.9. The van der Waals surface area contributed by atoms with Crippen molar-refractivity contribution in [2.24, 2.45) is 0 Å². The van der Waals surface area contributed by atoms with Crippen LogP contribution in [0.25, 0.3) is 0 Å². The Morgan fingerprint density at radius 3 is 1.28 bits per heavy atom. The second-order valence-corrected chi connectivity index (χ2v) is 19.5. The number of nitriles is 1. The Hall–Kier alpha value is 1.51. The van der Waals surface area contributed by atoms with E-state index in [1.54, 1.807) is 8.47 Å². The van der Waals surface area contributed by atoms with Crippen LogP contribution >= 0.6 is 94.1 Å². The average Bonchev–Trinajstić information content (AvgIpc) is 3.55. The first-order valence-electron chi connectivity index (χ1n) is 15.0. The lowest BCUT2D eigenvalue weighted by molar-refractivity contribution is 0.586. The largest absolute Gasteiger partial charge is 0.198 e. The number of unbranched alkanes of at least 4 members (excludes halogenated alkanes) is 14. The summed E-state index contributed by atoms with van der Waals surface area (Å²) in [6.07, 6.45) is 25.1. The maximum absolute atomic E-state index is 8.95. The predicted molar refractivity (Wildman–Crippen MR) is 198 cm³/mol. The van der Waals surface area contributed by atoms with Crippen LogP contribution in [0, 0.1) is 11.3 Å². The normalized spacial score (nSPS) is 15.7. The van der Waals surface area contributed by atoms with Crippen molar-refractivity contribution in [1.29, 1.82) is 5.26 Å². The van der Waals surface area contributed by atoms with Crippen molar-refractivity contribution < 1.29 is 0 Å². The summed E-state index contributed by atoms with van der Waals surface area (Å²) in [5, 5.41) is 8.95. The van der Waals surface area contributed by atoms with Crippen molar-refractivity contribution in [1.82, 2.24) is 0 Å². The highest BCUT2D eigenvalue weighted by Gasteiger charge is 2.30. The van der Waals surface area contributed by atoms with Crippen molar-refractivity contribution in [2.45, 2.75) is 123 Å². The Morgan fingerprint density at radius 2 is 0.872 bits per heavy atom. The van der Waals surface area contributed by atoms with Crippen LogP contribution in [0.3, 0.4) is 0 Å². The van der Waals surface area contributed by atoms with Gasteiger partial charge >= 0.3 is 0 Å². The van der Waals surface area contributed by atoms with E-state index < -0.39 is 0 Å². The molecule has 0 aromatic heterocycles. The molecule has 39 heavy (non-hydrogen) atoms. The van der Waals surface area contributed by atoms with E-state index >= 15 is 0 Å². The molecule has 0 saturated heterocycles. The zero-order chi connectivity index (χ0) is 28.0. The van der Waals surface area contributed by atoms with E-state index in [0.29, 0.717) is 6.42 Å². The first kappa shape index (κ1) is 36.7. The van der Waals surface area contributed by atoms with E-state index in [1.165, 1.54) is 131 Å². The second kappa shape index (κ2) is 24.9. The summed E-state index contributed by atoms with van der Waals surface area (Å²) < 4.78 is 8.89. The van der Waals surface area contributed by atoms with E-state index in [-0.39, 0.29) is 0 Å². The number of hydrogen-bond donors (Lipinski definition) is 0. The van der Waals surface area contributed by atoms with Crippen LogP contribution in [0.1, 0.15) is 123 Å². The van der Waals surface area contributed by atoms with Crippen LogP contribution < -0.4 is 0 Å². The van der Waals surface area contributed by atoms with Crippen molar-refractivity contribution >= 4 is 94.1 Å². The highest BCUT2D eigenvalue weighted by Crippen LogP contribution is 2.66. The van der Waals surface area contributed by atoms with Gasteiger partial charge in [0.1, 0.15) is 0 Å². The van der Waals surface area contributed by atoms with Crippen molar-refractivity contribution in [3.05, 3.63) is 25.4 Å². The Labute approximate surface area is 275 Å². The quantitative estimate of drug-likeness (QED) is 0.0922. The summed E-state index contributed by atoms with van der Waals surface area (Å²) in [6, 6.07) is 2.29. The lowest BCUT2D eigenvalue weighted by Gasteiger charge is -2.06. The van der Waals surface area contributed by atoms with Gasteiger partial charge in [-0.05, 0) is 30.6 Å². The molecule has 0 aromatic carbocycles. The molecule has 0 bridgehead atoms. The molecular weight excluding hydrogens is 631 g/mol. The third-order valence-electron chi connectivity index (χ3n) is 6.34. The SMILES string of the molecule is CCCCCCCCCCSC1=C(SCCCCCCCCCC)SC(=C2SC(SC)=C(SCCC#N)S2)S1. The standard InChI is InChI=1S/C30H49NS8/c1-4-6-8-10-12-14-16-18-22-33-27-28(34-23-19-17-15-13-11-9-7-5-2)39-30(38-27)29-36-25(32-3)26(37-29)35-24-20-21-31/h4-20,22-24H2,1-3H3. The summed E-state index contributed by atoms with van der Waals surface area (Å²) in [7, 11) is 0. The molecule has 2 aliphatic rings. The first-order chi connectivity index (χ1) is 19.2. The lowest BCUT2D eigenvalue weighted by atomic mass is 10.1. The molecule has 0 fully saturated rings. The molecule has 0 saturated carbocycles. The van der Waals surface area contributed by atoms with Crippen molar-refractivity contribution in [3.8, 4) is 6.07 Å². The van der Waals surface area contributed by atoms with Gasteiger partial charge in [0.05, 0.1) is 31.5 Å². The monoisotopic (exact) mass is 679 g/mol. The molecule has 0 unspecified atom stereocenters. The van der Waals surface area contributed by atoms with Crippen molar-refractivity contribution in [2.75, 3.05) is 23.5 Å². The minimum atomic E-state index is 0.622. The topological polar surface area (TPSA) is 23.8 Å². The van der Waals surface area contributed by atoms with Crippen LogP contribution in [-0.4, -0.2) is 23.5 Å². The zero-order valence-electron chi connectivity index (χ0n) is 24.4. The Kier molecular flexibility index (Phi) is 23.4. The summed E-state index contributed by atoms with van der Waals surface area (Å²) in [5.74, 6) is 3.41. The van der Waals surface area contributed by atoms with Gasteiger partial charge in [0.2, 0.25) is 0 Å². The van der Waals surface area contributed by atoms with Gasteiger partial charge in [-0.15, -0.1) is 47.0 Å². The first-order valence-corrected chi connectivity index (χ1v) is 22.4.